The maximum Gasteiger partial charge on any atom is 0.412 e. The lowest BCUT2D eigenvalue weighted by molar-refractivity contribution is -0.0634. The van der Waals surface area contributed by atoms with Gasteiger partial charge in [-0.2, -0.15) is 0 Å². The third-order valence-corrected chi connectivity index (χ3v) is 2.89. The zero-order valence-corrected chi connectivity index (χ0v) is 12.3. The van der Waals surface area contributed by atoms with E-state index in [1.165, 1.54) is 4.90 Å². The van der Waals surface area contributed by atoms with E-state index in [-0.39, 0.29) is 13.0 Å². The molecule has 1 aliphatic heterocycles. The molecule has 0 spiro atoms. The summed E-state index contributed by atoms with van der Waals surface area (Å²) < 4.78 is 24.2. The van der Waals surface area contributed by atoms with Crippen LogP contribution in [0.25, 0.3) is 0 Å². The average Bonchev–Trinajstić information content (AvgIpc) is 2.51. The van der Waals surface area contributed by atoms with Gasteiger partial charge in [0.2, 0.25) is 0 Å². The number of amides is 1. The highest BCUT2D eigenvalue weighted by Crippen LogP contribution is 2.31. The number of halogens is 1. The molecular weight excluding hydrogens is 253 g/mol. The van der Waals surface area contributed by atoms with Crippen molar-refractivity contribution in [1.29, 1.82) is 0 Å². The summed E-state index contributed by atoms with van der Waals surface area (Å²) in [6, 6.07) is -0.424. The summed E-state index contributed by atoms with van der Waals surface area (Å²) in [5.74, 6) is 0. The molecule has 0 saturated carbocycles. The van der Waals surface area contributed by atoms with Crippen molar-refractivity contribution in [2.45, 2.75) is 64.6 Å². The van der Waals surface area contributed by atoms with E-state index in [1.54, 1.807) is 34.6 Å². The molecule has 5 nitrogen and oxygen atoms in total. The number of hydrogen-bond acceptors (Lipinski definition) is 4. The van der Waals surface area contributed by atoms with Gasteiger partial charge in [0.1, 0.15) is 17.5 Å². The number of hydrogen-bond donors (Lipinski definition) is 1. The first-order valence-corrected chi connectivity index (χ1v) is 6.48. The molecule has 1 fully saturated rings. The predicted molar refractivity (Wildman–Crippen MR) is 68.5 cm³/mol. The van der Waals surface area contributed by atoms with Crippen LogP contribution in [0.15, 0.2) is 0 Å². The van der Waals surface area contributed by atoms with Crippen LogP contribution in [0.1, 0.15) is 41.0 Å². The molecule has 1 N–H and O–H groups in total. The molecule has 1 rings (SSSR count). The Balaban J connectivity index is 2.81. The zero-order chi connectivity index (χ0) is 14.8. The summed E-state index contributed by atoms with van der Waals surface area (Å²) >= 11 is 0. The molecule has 1 heterocycles. The van der Waals surface area contributed by atoms with Crippen molar-refractivity contribution in [3.63, 3.8) is 0 Å². The van der Waals surface area contributed by atoms with E-state index in [9.17, 15) is 9.18 Å². The van der Waals surface area contributed by atoms with Crippen molar-refractivity contribution in [2.75, 3.05) is 13.2 Å². The summed E-state index contributed by atoms with van der Waals surface area (Å²) in [7, 11) is 0. The second-order valence-electron chi connectivity index (χ2n) is 6.28. The number of alkyl halides is 1. The van der Waals surface area contributed by atoms with Crippen LogP contribution >= 0.6 is 0 Å². The number of aliphatic hydroxyl groups is 1. The highest BCUT2D eigenvalue weighted by molar-refractivity contribution is 5.69. The smallest absolute Gasteiger partial charge is 0.412 e. The molecule has 6 heteroatoms. The molecule has 0 aliphatic carbocycles. The van der Waals surface area contributed by atoms with Crippen LogP contribution in [0.2, 0.25) is 0 Å². The Hall–Kier alpha value is -0.880. The fourth-order valence-corrected chi connectivity index (χ4v) is 2.11. The molecule has 1 aliphatic rings. The molecule has 2 atom stereocenters. The van der Waals surface area contributed by atoms with Crippen molar-refractivity contribution < 1.29 is 23.8 Å². The number of nitrogens with zero attached hydrogens (tertiary/aromatic N) is 1. The second kappa shape index (κ2) is 5.63. The van der Waals surface area contributed by atoms with E-state index in [0.717, 1.165) is 0 Å². The van der Waals surface area contributed by atoms with Crippen molar-refractivity contribution >= 4 is 6.09 Å². The lowest BCUT2D eigenvalue weighted by Gasteiger charge is -2.35. The second-order valence-corrected chi connectivity index (χ2v) is 6.28. The quantitative estimate of drug-likeness (QED) is 0.858. The third kappa shape index (κ3) is 4.31. The van der Waals surface area contributed by atoms with E-state index in [1.807, 2.05) is 0 Å². The fraction of sp³-hybridized carbons (Fsp3) is 0.923. The standard InChI is InChI=1S/C13H24FNO4/c1-12(2,3)19-11(17)15-10(6-9(14)7-16)8-18-13(15,4)5/h9-10,16H,6-8H2,1-5H3/t9-,10-/m0/s1. The number of ether oxygens (including phenoxy) is 2. The minimum Gasteiger partial charge on any atom is -0.444 e. The van der Waals surface area contributed by atoms with E-state index in [4.69, 9.17) is 14.6 Å². The van der Waals surface area contributed by atoms with Crippen LogP contribution in [-0.2, 0) is 9.47 Å². The molecule has 0 aromatic rings. The maximum absolute atomic E-state index is 13.3. The van der Waals surface area contributed by atoms with E-state index in [2.05, 4.69) is 0 Å². The predicted octanol–water partition coefficient (Wildman–Crippen LogP) is 2.08. The van der Waals surface area contributed by atoms with Gasteiger partial charge in [0.05, 0.1) is 19.3 Å². The summed E-state index contributed by atoms with van der Waals surface area (Å²) in [6.07, 6.45) is -1.85. The van der Waals surface area contributed by atoms with Gasteiger partial charge in [0, 0.05) is 6.42 Å². The SMILES string of the molecule is CC(C)(C)OC(=O)N1[C@@H](C[C@H](F)CO)COC1(C)C. The minimum atomic E-state index is -1.37. The fourth-order valence-electron chi connectivity index (χ4n) is 2.11. The molecular formula is C13H24FNO4. The monoisotopic (exact) mass is 277 g/mol. The number of carbonyl (C=O) groups is 1. The number of rotatable bonds is 3. The first-order chi connectivity index (χ1) is 8.57. The largest absolute Gasteiger partial charge is 0.444 e. The first-order valence-electron chi connectivity index (χ1n) is 6.48. The van der Waals surface area contributed by atoms with Crippen LogP contribution < -0.4 is 0 Å². The summed E-state index contributed by atoms with van der Waals surface area (Å²) in [6.45, 7) is 8.48. The summed E-state index contributed by atoms with van der Waals surface area (Å²) in [5, 5.41) is 8.79. The molecule has 112 valence electrons. The van der Waals surface area contributed by atoms with Gasteiger partial charge in [-0.05, 0) is 34.6 Å². The van der Waals surface area contributed by atoms with Crippen LogP contribution in [0.4, 0.5) is 9.18 Å². The van der Waals surface area contributed by atoms with Gasteiger partial charge < -0.3 is 14.6 Å². The lowest BCUT2D eigenvalue weighted by atomic mass is 10.1. The Kier molecular flexibility index (Phi) is 4.79. The Labute approximate surface area is 113 Å². The van der Waals surface area contributed by atoms with Crippen LogP contribution in [0, 0.1) is 0 Å². The molecule has 0 bridgehead atoms. The molecule has 0 radical (unpaired) electrons. The Morgan fingerprint density at radius 2 is 2.16 bits per heavy atom. The van der Waals surface area contributed by atoms with E-state index < -0.39 is 36.2 Å². The highest BCUT2D eigenvalue weighted by atomic mass is 19.1. The molecule has 1 amide bonds. The molecule has 0 aromatic carbocycles. The molecule has 1 saturated heterocycles. The van der Waals surface area contributed by atoms with Gasteiger partial charge in [0.25, 0.3) is 0 Å². The van der Waals surface area contributed by atoms with E-state index in [0.29, 0.717) is 0 Å². The van der Waals surface area contributed by atoms with Crippen molar-refractivity contribution in [1.82, 2.24) is 4.90 Å². The van der Waals surface area contributed by atoms with Gasteiger partial charge in [-0.15, -0.1) is 0 Å². The summed E-state index contributed by atoms with van der Waals surface area (Å²) in [4.78, 5) is 13.6. The van der Waals surface area contributed by atoms with Crippen LogP contribution in [0.3, 0.4) is 0 Å². The van der Waals surface area contributed by atoms with Crippen molar-refractivity contribution in [2.24, 2.45) is 0 Å². The van der Waals surface area contributed by atoms with Gasteiger partial charge in [-0.3, -0.25) is 4.90 Å². The van der Waals surface area contributed by atoms with Gasteiger partial charge in [-0.25, -0.2) is 9.18 Å². The molecule has 19 heavy (non-hydrogen) atoms. The van der Waals surface area contributed by atoms with Crippen LogP contribution in [0.5, 0.6) is 0 Å². The van der Waals surface area contributed by atoms with Gasteiger partial charge in [0.15, 0.2) is 0 Å². The summed E-state index contributed by atoms with van der Waals surface area (Å²) in [5.41, 5.74) is -1.45. The highest BCUT2D eigenvalue weighted by Gasteiger charge is 2.46. The van der Waals surface area contributed by atoms with Crippen molar-refractivity contribution in [3.05, 3.63) is 0 Å². The third-order valence-electron chi connectivity index (χ3n) is 2.89. The average molecular weight is 277 g/mol. The van der Waals surface area contributed by atoms with Crippen molar-refractivity contribution in [3.8, 4) is 0 Å². The zero-order valence-electron chi connectivity index (χ0n) is 12.3. The molecule has 0 unspecified atom stereocenters. The minimum absolute atomic E-state index is 0.0408. The Bertz CT molecular complexity index is 327. The normalized spacial score (nSPS) is 24.4. The number of aliphatic hydroxyl groups excluding tert-OH is 1. The molecule has 0 aromatic heterocycles. The lowest BCUT2D eigenvalue weighted by Crippen LogP contribution is -2.50. The Morgan fingerprint density at radius 3 is 2.63 bits per heavy atom. The first kappa shape index (κ1) is 16.2. The van der Waals surface area contributed by atoms with Gasteiger partial charge in [-0.1, -0.05) is 0 Å². The van der Waals surface area contributed by atoms with Gasteiger partial charge >= 0.3 is 6.09 Å². The van der Waals surface area contributed by atoms with Crippen LogP contribution in [-0.4, -0.2) is 52.9 Å². The Morgan fingerprint density at radius 1 is 1.58 bits per heavy atom. The number of carbonyl (C=O) groups excluding carboxylic acids is 1. The topological polar surface area (TPSA) is 59.0 Å². The maximum atomic E-state index is 13.3. The van der Waals surface area contributed by atoms with E-state index >= 15 is 0 Å².